The molecule has 0 saturated carbocycles. The number of carbonyl (C=O) groups is 1. The van der Waals surface area contributed by atoms with Gasteiger partial charge in [-0.2, -0.15) is 0 Å². The van der Waals surface area contributed by atoms with Gasteiger partial charge in [-0.25, -0.2) is 4.98 Å². The van der Waals surface area contributed by atoms with Crippen molar-refractivity contribution in [1.82, 2.24) is 14.9 Å². The monoisotopic (exact) mass is 336 g/mol. The Hall–Kier alpha value is -2.82. The molecule has 0 aliphatic heterocycles. The van der Waals surface area contributed by atoms with Crippen LogP contribution in [0.1, 0.15) is 17.0 Å². The predicted molar refractivity (Wildman–Crippen MR) is 102 cm³/mol. The van der Waals surface area contributed by atoms with Crippen molar-refractivity contribution in [3.8, 4) is 0 Å². The Balaban J connectivity index is 1.51. The van der Waals surface area contributed by atoms with Crippen LogP contribution in [-0.4, -0.2) is 28.5 Å². The van der Waals surface area contributed by atoms with Crippen molar-refractivity contribution < 1.29 is 4.79 Å². The van der Waals surface area contributed by atoms with Crippen LogP contribution in [0.2, 0.25) is 0 Å². The fourth-order valence-corrected chi connectivity index (χ4v) is 3.06. The van der Waals surface area contributed by atoms with Crippen molar-refractivity contribution in [2.75, 3.05) is 18.4 Å². The number of hydrogen-bond donors (Lipinski definition) is 2. The zero-order chi connectivity index (χ0) is 17.8. The number of benzene rings is 2. The highest BCUT2D eigenvalue weighted by Crippen LogP contribution is 2.18. The molecule has 1 heterocycles. The average molecular weight is 336 g/mol. The van der Waals surface area contributed by atoms with E-state index in [0.717, 1.165) is 33.7 Å². The third-order valence-electron chi connectivity index (χ3n) is 4.46. The second-order valence-corrected chi connectivity index (χ2v) is 6.30. The molecule has 3 aromatic rings. The number of anilines is 1. The summed E-state index contributed by atoms with van der Waals surface area (Å²) in [4.78, 5) is 16.7. The minimum absolute atomic E-state index is 0.0126. The number of amides is 1. The number of para-hydroxylation sites is 3. The minimum Gasteiger partial charge on any atom is -0.376 e. The Kier molecular flexibility index (Phi) is 5.03. The van der Waals surface area contributed by atoms with Crippen molar-refractivity contribution in [3.63, 3.8) is 0 Å². The molecule has 25 heavy (non-hydrogen) atoms. The maximum atomic E-state index is 12.1. The van der Waals surface area contributed by atoms with E-state index in [-0.39, 0.29) is 12.5 Å². The topological polar surface area (TPSA) is 59.0 Å². The predicted octanol–water partition coefficient (Wildman–Crippen LogP) is 2.96. The van der Waals surface area contributed by atoms with Crippen LogP contribution in [-0.2, 0) is 18.3 Å². The first-order chi connectivity index (χ1) is 12.1. The van der Waals surface area contributed by atoms with Gasteiger partial charge in [0.2, 0.25) is 5.91 Å². The second-order valence-electron chi connectivity index (χ2n) is 6.30. The number of rotatable bonds is 6. The fraction of sp³-hybridized carbons (Fsp3) is 0.300. The molecular weight excluding hydrogens is 312 g/mol. The van der Waals surface area contributed by atoms with Crippen LogP contribution in [0.25, 0.3) is 11.0 Å². The van der Waals surface area contributed by atoms with Crippen molar-refractivity contribution in [1.29, 1.82) is 0 Å². The molecule has 0 unspecified atom stereocenters. The lowest BCUT2D eigenvalue weighted by atomic mass is 10.1. The average Bonchev–Trinajstić information content (AvgIpc) is 2.91. The van der Waals surface area contributed by atoms with E-state index in [1.807, 2.05) is 57.3 Å². The highest BCUT2D eigenvalue weighted by molar-refractivity contribution is 5.81. The van der Waals surface area contributed by atoms with Crippen LogP contribution in [0, 0.1) is 13.8 Å². The first-order valence-corrected chi connectivity index (χ1v) is 8.53. The van der Waals surface area contributed by atoms with Gasteiger partial charge < -0.3 is 15.2 Å². The Morgan fingerprint density at radius 3 is 2.52 bits per heavy atom. The summed E-state index contributed by atoms with van der Waals surface area (Å²) in [7, 11) is 2.01. The van der Waals surface area contributed by atoms with Crippen LogP contribution < -0.4 is 10.6 Å². The molecule has 0 fully saturated rings. The molecule has 3 rings (SSSR count). The van der Waals surface area contributed by atoms with Crippen LogP contribution in [0.4, 0.5) is 5.69 Å². The summed E-state index contributed by atoms with van der Waals surface area (Å²) < 4.78 is 2.08. The quantitative estimate of drug-likeness (QED) is 0.727. The first kappa shape index (κ1) is 17.0. The van der Waals surface area contributed by atoms with Gasteiger partial charge >= 0.3 is 0 Å². The van der Waals surface area contributed by atoms with Crippen LogP contribution in [0.5, 0.6) is 0 Å². The van der Waals surface area contributed by atoms with Gasteiger partial charge in [-0.1, -0.05) is 30.3 Å². The molecule has 0 atom stereocenters. The Morgan fingerprint density at radius 2 is 1.80 bits per heavy atom. The number of nitrogens with zero attached hydrogens (tertiary/aromatic N) is 2. The van der Waals surface area contributed by atoms with Gasteiger partial charge in [0, 0.05) is 25.7 Å². The highest BCUT2D eigenvalue weighted by atomic mass is 16.1. The number of aryl methyl sites for hydroxylation is 3. The largest absolute Gasteiger partial charge is 0.376 e. The van der Waals surface area contributed by atoms with Gasteiger partial charge in [-0.3, -0.25) is 4.79 Å². The lowest BCUT2D eigenvalue weighted by Crippen LogP contribution is -2.32. The summed E-state index contributed by atoms with van der Waals surface area (Å²) in [6.45, 7) is 4.93. The Labute approximate surface area is 148 Å². The van der Waals surface area contributed by atoms with Crippen LogP contribution in [0.15, 0.2) is 42.5 Å². The molecule has 0 aliphatic carbocycles. The van der Waals surface area contributed by atoms with Gasteiger partial charge in [0.05, 0.1) is 17.6 Å². The lowest BCUT2D eigenvalue weighted by Gasteiger charge is -2.12. The number of carbonyl (C=O) groups excluding carboxylic acids is 1. The van der Waals surface area contributed by atoms with Crippen LogP contribution >= 0.6 is 0 Å². The highest BCUT2D eigenvalue weighted by Gasteiger charge is 2.08. The van der Waals surface area contributed by atoms with E-state index in [1.54, 1.807) is 0 Å². The number of hydrogen-bond acceptors (Lipinski definition) is 3. The number of fused-ring (bicyclic) bond motifs is 1. The van der Waals surface area contributed by atoms with Gasteiger partial charge in [0.15, 0.2) is 0 Å². The maximum Gasteiger partial charge on any atom is 0.239 e. The number of imidazole rings is 1. The molecule has 0 radical (unpaired) electrons. The molecule has 5 heteroatoms. The summed E-state index contributed by atoms with van der Waals surface area (Å²) in [5, 5.41) is 6.19. The van der Waals surface area contributed by atoms with Crippen molar-refractivity contribution >= 4 is 22.6 Å². The molecular formula is C20H24N4O. The van der Waals surface area contributed by atoms with E-state index in [4.69, 9.17) is 0 Å². The standard InChI is InChI=1S/C20H24N4O/c1-14-7-6-8-15(2)20(14)22-13-19(25)21-12-11-18-23-16-9-4-5-10-17(16)24(18)3/h4-10,22H,11-13H2,1-3H3,(H,21,25). The van der Waals surface area contributed by atoms with Gasteiger partial charge in [-0.05, 0) is 37.1 Å². The van der Waals surface area contributed by atoms with E-state index in [9.17, 15) is 4.79 Å². The van der Waals surface area contributed by atoms with E-state index in [0.29, 0.717) is 13.0 Å². The summed E-state index contributed by atoms with van der Waals surface area (Å²) in [6.07, 6.45) is 0.709. The van der Waals surface area contributed by atoms with Crippen molar-refractivity contribution in [2.24, 2.45) is 7.05 Å². The van der Waals surface area contributed by atoms with Gasteiger partial charge in [-0.15, -0.1) is 0 Å². The van der Waals surface area contributed by atoms with E-state index in [1.165, 1.54) is 0 Å². The summed E-state index contributed by atoms with van der Waals surface area (Å²) in [5.74, 6) is 0.964. The Morgan fingerprint density at radius 1 is 1.08 bits per heavy atom. The zero-order valence-electron chi connectivity index (χ0n) is 15.0. The molecule has 0 aliphatic rings. The van der Waals surface area contributed by atoms with E-state index < -0.39 is 0 Å². The SMILES string of the molecule is Cc1cccc(C)c1NCC(=O)NCCc1nc2ccccc2n1C. The third kappa shape index (κ3) is 3.82. The molecule has 2 N–H and O–H groups in total. The summed E-state index contributed by atoms with van der Waals surface area (Å²) in [6, 6.07) is 14.2. The third-order valence-corrected chi connectivity index (χ3v) is 4.46. The summed E-state index contributed by atoms with van der Waals surface area (Å²) >= 11 is 0. The lowest BCUT2D eigenvalue weighted by molar-refractivity contribution is -0.119. The molecule has 2 aromatic carbocycles. The molecule has 0 saturated heterocycles. The van der Waals surface area contributed by atoms with E-state index >= 15 is 0 Å². The molecule has 1 amide bonds. The fourth-order valence-electron chi connectivity index (χ4n) is 3.06. The Bertz CT molecular complexity index is 878. The number of nitrogens with one attached hydrogen (secondary N) is 2. The zero-order valence-corrected chi connectivity index (χ0v) is 15.0. The summed E-state index contributed by atoms with van der Waals surface area (Å²) in [5.41, 5.74) is 5.43. The van der Waals surface area contributed by atoms with Gasteiger partial charge in [0.1, 0.15) is 5.82 Å². The van der Waals surface area contributed by atoms with E-state index in [2.05, 4.69) is 26.3 Å². The van der Waals surface area contributed by atoms with Gasteiger partial charge in [0.25, 0.3) is 0 Å². The first-order valence-electron chi connectivity index (χ1n) is 8.53. The number of aromatic nitrogens is 2. The smallest absolute Gasteiger partial charge is 0.239 e. The molecule has 130 valence electrons. The molecule has 1 aromatic heterocycles. The maximum absolute atomic E-state index is 12.1. The van der Waals surface area contributed by atoms with Crippen LogP contribution in [0.3, 0.4) is 0 Å². The molecule has 5 nitrogen and oxygen atoms in total. The molecule has 0 bridgehead atoms. The second kappa shape index (κ2) is 7.38. The minimum atomic E-state index is -0.0126. The van der Waals surface area contributed by atoms with Crippen molar-refractivity contribution in [3.05, 3.63) is 59.4 Å². The van der Waals surface area contributed by atoms with Crippen molar-refractivity contribution in [2.45, 2.75) is 20.3 Å². The normalized spacial score (nSPS) is 10.8. The molecule has 0 spiro atoms.